The number of amides is 2. The largest absolute Gasteiger partial charge is 0.355 e. The molecule has 19 heavy (non-hydrogen) atoms. The molecular formula is C11H10FN3O4. The summed E-state index contributed by atoms with van der Waals surface area (Å²) in [7, 11) is 0. The van der Waals surface area contributed by atoms with Crippen molar-refractivity contribution in [2.45, 2.75) is 6.42 Å². The zero-order valence-electron chi connectivity index (χ0n) is 9.68. The highest BCUT2D eigenvalue weighted by Gasteiger charge is 2.28. The van der Waals surface area contributed by atoms with Crippen molar-refractivity contribution in [1.82, 2.24) is 5.32 Å². The molecule has 0 bridgehead atoms. The minimum Gasteiger partial charge on any atom is -0.355 e. The summed E-state index contributed by atoms with van der Waals surface area (Å²) in [5.41, 5.74) is -0.452. The van der Waals surface area contributed by atoms with Crippen molar-refractivity contribution >= 4 is 23.2 Å². The first kappa shape index (κ1) is 12.9. The Morgan fingerprint density at radius 1 is 1.47 bits per heavy atom. The fourth-order valence-corrected chi connectivity index (χ4v) is 1.79. The number of halogens is 1. The lowest BCUT2D eigenvalue weighted by atomic mass is 10.1. The zero-order chi connectivity index (χ0) is 14.0. The van der Waals surface area contributed by atoms with Crippen molar-refractivity contribution in [3.8, 4) is 0 Å². The maximum atomic E-state index is 13.2. The van der Waals surface area contributed by atoms with Crippen LogP contribution in [0.25, 0.3) is 0 Å². The molecule has 2 N–H and O–H groups in total. The van der Waals surface area contributed by atoms with Gasteiger partial charge in [-0.2, -0.15) is 0 Å². The summed E-state index contributed by atoms with van der Waals surface area (Å²) in [5, 5.41) is 15.4. The van der Waals surface area contributed by atoms with E-state index in [1.165, 1.54) is 0 Å². The molecule has 1 unspecified atom stereocenters. The molecule has 0 saturated carbocycles. The number of nitro groups is 1. The van der Waals surface area contributed by atoms with Crippen LogP contribution in [0, 0.1) is 21.8 Å². The second-order valence-electron chi connectivity index (χ2n) is 4.15. The number of nitro benzene ring substituents is 1. The van der Waals surface area contributed by atoms with Crippen molar-refractivity contribution in [1.29, 1.82) is 0 Å². The molecule has 1 aromatic rings. The number of nitrogens with one attached hydrogen (secondary N) is 2. The third kappa shape index (κ3) is 3.03. The summed E-state index contributed by atoms with van der Waals surface area (Å²) in [6.07, 6.45) is 0.0588. The maximum absolute atomic E-state index is 13.2. The van der Waals surface area contributed by atoms with Crippen molar-refractivity contribution in [3.63, 3.8) is 0 Å². The minimum absolute atomic E-state index is 0.00366. The summed E-state index contributed by atoms with van der Waals surface area (Å²) in [5.74, 6) is -2.07. The lowest BCUT2D eigenvalue weighted by molar-refractivity contribution is -0.385. The van der Waals surface area contributed by atoms with Gasteiger partial charge in [0.1, 0.15) is 5.82 Å². The fourth-order valence-electron chi connectivity index (χ4n) is 1.79. The van der Waals surface area contributed by atoms with Gasteiger partial charge in [0.15, 0.2) is 0 Å². The van der Waals surface area contributed by atoms with Crippen LogP contribution in [0.1, 0.15) is 6.42 Å². The number of non-ortho nitro benzene ring substituents is 1. The summed E-state index contributed by atoms with van der Waals surface area (Å²) in [6.45, 7) is 0.210. The van der Waals surface area contributed by atoms with E-state index in [9.17, 15) is 24.1 Å². The van der Waals surface area contributed by atoms with Gasteiger partial charge >= 0.3 is 0 Å². The third-order valence-corrected chi connectivity index (χ3v) is 2.71. The Bertz CT molecular complexity index is 561. The standard InChI is InChI=1S/C11H10FN3O4/c12-7-2-8(4-9(3-7)15(18)19)14-11(17)6-1-10(16)13-5-6/h2-4,6H,1,5H2,(H,13,16)(H,14,17). The molecule has 100 valence electrons. The monoisotopic (exact) mass is 267 g/mol. The molecule has 0 aromatic heterocycles. The molecule has 1 aliphatic heterocycles. The molecule has 8 heteroatoms. The van der Waals surface area contributed by atoms with Crippen LogP contribution < -0.4 is 10.6 Å². The van der Waals surface area contributed by atoms with Crippen molar-refractivity contribution in [2.75, 3.05) is 11.9 Å². The van der Waals surface area contributed by atoms with E-state index in [2.05, 4.69) is 10.6 Å². The SMILES string of the molecule is O=C1CC(C(=O)Nc2cc(F)cc([N+](=O)[O-])c2)CN1. The molecule has 0 spiro atoms. The quantitative estimate of drug-likeness (QED) is 0.625. The highest BCUT2D eigenvalue weighted by atomic mass is 19.1. The lowest BCUT2D eigenvalue weighted by Gasteiger charge is -2.09. The highest BCUT2D eigenvalue weighted by Crippen LogP contribution is 2.21. The summed E-state index contributed by atoms with van der Waals surface area (Å²) in [4.78, 5) is 32.5. The van der Waals surface area contributed by atoms with Crippen molar-refractivity contribution in [3.05, 3.63) is 34.1 Å². The van der Waals surface area contributed by atoms with Crippen molar-refractivity contribution < 1.29 is 18.9 Å². The molecule has 1 saturated heterocycles. The lowest BCUT2D eigenvalue weighted by Crippen LogP contribution is -2.24. The molecule has 7 nitrogen and oxygen atoms in total. The molecular weight excluding hydrogens is 257 g/mol. The number of hydrogen-bond acceptors (Lipinski definition) is 4. The minimum atomic E-state index is -0.815. The summed E-state index contributed by atoms with van der Waals surface area (Å²) < 4.78 is 13.2. The van der Waals surface area contributed by atoms with Crippen LogP contribution in [0.2, 0.25) is 0 Å². The van der Waals surface area contributed by atoms with Gasteiger partial charge < -0.3 is 10.6 Å². The summed E-state index contributed by atoms with van der Waals surface area (Å²) in [6, 6.07) is 2.80. The first-order valence-corrected chi connectivity index (χ1v) is 5.48. The van der Waals surface area contributed by atoms with Crippen LogP contribution in [0.5, 0.6) is 0 Å². The van der Waals surface area contributed by atoms with Crippen LogP contribution >= 0.6 is 0 Å². The van der Waals surface area contributed by atoms with Gasteiger partial charge in [-0.3, -0.25) is 19.7 Å². The van der Waals surface area contributed by atoms with Gasteiger partial charge in [-0.25, -0.2) is 4.39 Å². The van der Waals surface area contributed by atoms with Gasteiger partial charge in [0.2, 0.25) is 11.8 Å². The van der Waals surface area contributed by atoms with E-state index >= 15 is 0 Å². The number of benzene rings is 1. The smallest absolute Gasteiger partial charge is 0.274 e. The van der Waals surface area contributed by atoms with Crippen LogP contribution in [0.4, 0.5) is 15.8 Å². The zero-order valence-corrected chi connectivity index (χ0v) is 9.68. The number of nitrogens with zero attached hydrogens (tertiary/aromatic N) is 1. The molecule has 0 radical (unpaired) electrons. The number of anilines is 1. The maximum Gasteiger partial charge on any atom is 0.274 e. The molecule has 1 atom stereocenters. The molecule has 1 aliphatic rings. The Morgan fingerprint density at radius 2 is 2.21 bits per heavy atom. The number of rotatable bonds is 3. The summed E-state index contributed by atoms with van der Waals surface area (Å²) >= 11 is 0. The van der Waals surface area contributed by atoms with Crippen LogP contribution in [-0.2, 0) is 9.59 Å². The normalized spacial score (nSPS) is 17.9. The van der Waals surface area contributed by atoms with Gasteiger partial charge in [0, 0.05) is 19.0 Å². The second kappa shape index (κ2) is 5.01. The van der Waals surface area contributed by atoms with Gasteiger partial charge in [0.25, 0.3) is 5.69 Å². The molecule has 0 aliphatic carbocycles. The predicted molar refractivity (Wildman–Crippen MR) is 62.8 cm³/mol. The first-order valence-electron chi connectivity index (χ1n) is 5.48. The van der Waals surface area contributed by atoms with Gasteiger partial charge in [-0.15, -0.1) is 0 Å². The van der Waals surface area contributed by atoms with E-state index in [0.29, 0.717) is 0 Å². The Balaban J connectivity index is 2.12. The van der Waals surface area contributed by atoms with Gasteiger partial charge in [-0.1, -0.05) is 0 Å². The first-order chi connectivity index (χ1) is 8.95. The van der Waals surface area contributed by atoms with Crippen molar-refractivity contribution in [2.24, 2.45) is 5.92 Å². The van der Waals surface area contributed by atoms with Crippen LogP contribution in [0.15, 0.2) is 18.2 Å². The van der Waals surface area contributed by atoms with Crippen LogP contribution in [0.3, 0.4) is 0 Å². The Morgan fingerprint density at radius 3 is 2.79 bits per heavy atom. The van der Waals surface area contributed by atoms with E-state index < -0.39 is 28.3 Å². The van der Waals surface area contributed by atoms with E-state index in [-0.39, 0.29) is 24.6 Å². The topological polar surface area (TPSA) is 101 Å². The Labute approximate surface area is 106 Å². The van der Waals surface area contributed by atoms with E-state index in [4.69, 9.17) is 0 Å². The predicted octanol–water partition coefficient (Wildman–Crippen LogP) is 0.808. The number of hydrogen-bond donors (Lipinski definition) is 2. The van der Waals surface area contributed by atoms with Gasteiger partial charge in [0.05, 0.1) is 22.6 Å². The Hall–Kier alpha value is -2.51. The van der Waals surface area contributed by atoms with Crippen LogP contribution in [-0.4, -0.2) is 23.3 Å². The molecule has 1 heterocycles. The fraction of sp³-hybridized carbons (Fsp3) is 0.273. The number of carbonyl (C=O) groups excluding carboxylic acids is 2. The molecule has 2 amide bonds. The Kier molecular flexibility index (Phi) is 3.41. The molecule has 2 rings (SSSR count). The van der Waals surface area contributed by atoms with E-state index in [0.717, 1.165) is 18.2 Å². The average molecular weight is 267 g/mol. The van der Waals surface area contributed by atoms with Gasteiger partial charge in [-0.05, 0) is 6.07 Å². The van der Waals surface area contributed by atoms with E-state index in [1.807, 2.05) is 0 Å². The second-order valence-corrected chi connectivity index (χ2v) is 4.15. The molecule has 1 fully saturated rings. The average Bonchev–Trinajstić information content (AvgIpc) is 2.75. The number of carbonyl (C=O) groups is 2. The third-order valence-electron chi connectivity index (χ3n) is 2.71. The molecule has 1 aromatic carbocycles. The highest BCUT2D eigenvalue weighted by molar-refractivity contribution is 5.97. The van der Waals surface area contributed by atoms with E-state index in [1.54, 1.807) is 0 Å².